The molecule has 1 aromatic carbocycles. The van der Waals surface area contributed by atoms with Crippen LogP contribution in [0.4, 0.5) is 11.4 Å². The zero-order valence-corrected chi connectivity index (χ0v) is 10.8. The molecule has 0 aliphatic carbocycles. The maximum absolute atomic E-state index is 11.7. The van der Waals surface area contributed by atoms with Gasteiger partial charge in [0.05, 0.1) is 4.92 Å². The second-order valence-corrected chi connectivity index (χ2v) is 4.07. The van der Waals surface area contributed by atoms with Gasteiger partial charge >= 0.3 is 0 Å². The van der Waals surface area contributed by atoms with Gasteiger partial charge in [0, 0.05) is 38.7 Å². The minimum atomic E-state index is -0.523. The van der Waals surface area contributed by atoms with Gasteiger partial charge in [0.2, 0.25) is 0 Å². The summed E-state index contributed by atoms with van der Waals surface area (Å²) in [4.78, 5) is 23.6. The van der Waals surface area contributed by atoms with Crippen LogP contribution in [0.25, 0.3) is 0 Å². The summed E-state index contributed by atoms with van der Waals surface area (Å²) in [6, 6.07) is 4.33. The lowest BCUT2D eigenvalue weighted by molar-refractivity contribution is -0.384. The molecule has 19 heavy (non-hydrogen) atoms. The van der Waals surface area contributed by atoms with Crippen molar-refractivity contribution >= 4 is 17.3 Å². The molecule has 0 fully saturated rings. The molecule has 0 aliphatic heterocycles. The average molecular weight is 261 g/mol. The summed E-state index contributed by atoms with van der Waals surface area (Å²) >= 11 is 0. The Morgan fingerprint density at radius 2 is 2.21 bits per heavy atom. The van der Waals surface area contributed by atoms with Crippen LogP contribution < -0.4 is 5.32 Å². The molecule has 0 saturated heterocycles. The van der Waals surface area contributed by atoms with Crippen molar-refractivity contribution in [2.75, 3.05) is 26.0 Å². The van der Waals surface area contributed by atoms with Crippen LogP contribution in [0, 0.1) is 22.5 Å². The Kier molecular flexibility index (Phi) is 4.89. The molecule has 0 spiro atoms. The molecule has 6 heteroatoms. The number of hydrogen-bond donors (Lipinski definition) is 1. The summed E-state index contributed by atoms with van der Waals surface area (Å²) in [6.45, 7) is 0.443. The summed E-state index contributed by atoms with van der Waals surface area (Å²) in [7, 11) is 3.18. The van der Waals surface area contributed by atoms with E-state index in [1.165, 1.54) is 17.0 Å². The van der Waals surface area contributed by atoms with E-state index in [2.05, 4.69) is 11.2 Å². The molecule has 0 bridgehead atoms. The van der Waals surface area contributed by atoms with E-state index in [4.69, 9.17) is 6.42 Å². The number of hydrogen-bond acceptors (Lipinski definition) is 4. The van der Waals surface area contributed by atoms with Gasteiger partial charge in [0.1, 0.15) is 5.69 Å². The first-order valence-electron chi connectivity index (χ1n) is 5.64. The number of nitro groups is 1. The summed E-state index contributed by atoms with van der Waals surface area (Å²) in [6.07, 6.45) is 5.58. The molecule has 0 heterocycles. The van der Waals surface area contributed by atoms with E-state index in [1.807, 2.05) is 0 Å². The molecule has 0 aromatic heterocycles. The van der Waals surface area contributed by atoms with Crippen molar-refractivity contribution in [3.63, 3.8) is 0 Å². The Morgan fingerprint density at radius 3 is 2.74 bits per heavy atom. The molecule has 6 nitrogen and oxygen atoms in total. The van der Waals surface area contributed by atoms with E-state index in [9.17, 15) is 14.9 Å². The van der Waals surface area contributed by atoms with E-state index in [-0.39, 0.29) is 17.2 Å². The standard InChI is InChI=1S/C13H15N3O3/c1-4-5-8-14-11-7-6-10(13(17)15(2)3)9-12(11)16(18)19/h1,6-7,9,14H,5,8H2,2-3H3. The zero-order valence-electron chi connectivity index (χ0n) is 10.8. The van der Waals surface area contributed by atoms with Crippen LogP contribution >= 0.6 is 0 Å². The lowest BCUT2D eigenvalue weighted by atomic mass is 10.1. The number of anilines is 1. The molecule has 1 N–H and O–H groups in total. The second-order valence-electron chi connectivity index (χ2n) is 4.07. The lowest BCUT2D eigenvalue weighted by Crippen LogP contribution is -2.21. The predicted molar refractivity (Wildman–Crippen MR) is 73.1 cm³/mol. The number of carbonyl (C=O) groups is 1. The molecular formula is C13H15N3O3. The Bertz CT molecular complexity index is 532. The maximum atomic E-state index is 11.7. The van der Waals surface area contributed by atoms with Crippen LogP contribution in [-0.2, 0) is 0 Å². The SMILES string of the molecule is C#CCCNc1ccc(C(=O)N(C)C)cc1[N+](=O)[O-]. The first-order valence-corrected chi connectivity index (χ1v) is 5.64. The fraction of sp³-hybridized carbons (Fsp3) is 0.308. The predicted octanol–water partition coefficient (Wildman–Crippen LogP) is 1.73. The van der Waals surface area contributed by atoms with Gasteiger partial charge < -0.3 is 10.2 Å². The number of carbonyl (C=O) groups excluding carboxylic acids is 1. The molecule has 100 valence electrons. The van der Waals surface area contributed by atoms with Gasteiger partial charge in [-0.25, -0.2) is 0 Å². The molecule has 0 aliphatic rings. The summed E-state index contributed by atoms with van der Waals surface area (Å²) in [5.41, 5.74) is 0.500. The Balaban J connectivity index is 3.05. The fourth-order valence-corrected chi connectivity index (χ4v) is 1.49. The van der Waals surface area contributed by atoms with Crippen molar-refractivity contribution in [1.82, 2.24) is 4.90 Å². The fourth-order valence-electron chi connectivity index (χ4n) is 1.49. The maximum Gasteiger partial charge on any atom is 0.293 e. The van der Waals surface area contributed by atoms with E-state index >= 15 is 0 Å². The second kappa shape index (κ2) is 6.40. The Morgan fingerprint density at radius 1 is 1.53 bits per heavy atom. The van der Waals surface area contributed by atoms with Crippen molar-refractivity contribution in [1.29, 1.82) is 0 Å². The van der Waals surface area contributed by atoms with Crippen molar-refractivity contribution < 1.29 is 9.72 Å². The van der Waals surface area contributed by atoms with E-state index in [0.717, 1.165) is 0 Å². The van der Waals surface area contributed by atoms with Gasteiger partial charge in [0.15, 0.2) is 0 Å². The number of terminal acetylenes is 1. The summed E-state index contributed by atoms with van der Waals surface area (Å²) in [5.74, 6) is 2.16. The normalized spacial score (nSPS) is 9.53. The highest BCUT2D eigenvalue weighted by atomic mass is 16.6. The highest BCUT2D eigenvalue weighted by Crippen LogP contribution is 2.25. The highest BCUT2D eigenvalue weighted by Gasteiger charge is 2.18. The summed E-state index contributed by atoms with van der Waals surface area (Å²) < 4.78 is 0. The average Bonchev–Trinajstić information content (AvgIpc) is 2.38. The van der Waals surface area contributed by atoms with Gasteiger partial charge in [-0.3, -0.25) is 14.9 Å². The third-order valence-corrected chi connectivity index (χ3v) is 2.43. The van der Waals surface area contributed by atoms with Gasteiger partial charge in [0.25, 0.3) is 11.6 Å². The molecule has 1 amide bonds. The van der Waals surface area contributed by atoms with E-state index in [0.29, 0.717) is 18.7 Å². The van der Waals surface area contributed by atoms with Gasteiger partial charge in [-0.1, -0.05) is 0 Å². The first-order chi connectivity index (χ1) is 8.97. The molecule has 0 atom stereocenters. The number of nitrogens with zero attached hydrogens (tertiary/aromatic N) is 2. The number of benzene rings is 1. The van der Waals surface area contributed by atoms with Crippen LogP contribution in [0.1, 0.15) is 16.8 Å². The lowest BCUT2D eigenvalue weighted by Gasteiger charge is -2.11. The van der Waals surface area contributed by atoms with E-state index in [1.54, 1.807) is 20.2 Å². The van der Waals surface area contributed by atoms with Crippen molar-refractivity contribution in [3.05, 3.63) is 33.9 Å². The highest BCUT2D eigenvalue weighted by molar-refractivity contribution is 5.95. The number of amides is 1. The Hall–Kier alpha value is -2.55. The van der Waals surface area contributed by atoms with Gasteiger partial charge in [-0.15, -0.1) is 12.3 Å². The Labute approximate surface area is 111 Å². The van der Waals surface area contributed by atoms with E-state index < -0.39 is 4.92 Å². The van der Waals surface area contributed by atoms with Crippen molar-refractivity contribution in [2.24, 2.45) is 0 Å². The first kappa shape index (κ1) is 14.5. The van der Waals surface area contributed by atoms with Crippen LogP contribution in [0.5, 0.6) is 0 Å². The van der Waals surface area contributed by atoms with Crippen LogP contribution in [0.2, 0.25) is 0 Å². The molecule has 1 aromatic rings. The minimum Gasteiger partial charge on any atom is -0.379 e. The largest absolute Gasteiger partial charge is 0.379 e. The quantitative estimate of drug-likeness (QED) is 0.379. The smallest absolute Gasteiger partial charge is 0.293 e. The van der Waals surface area contributed by atoms with Crippen molar-refractivity contribution in [3.8, 4) is 12.3 Å². The molecule has 0 saturated carbocycles. The van der Waals surface area contributed by atoms with Gasteiger partial charge in [-0.05, 0) is 12.1 Å². The van der Waals surface area contributed by atoms with Crippen molar-refractivity contribution in [2.45, 2.75) is 6.42 Å². The van der Waals surface area contributed by atoms with Crippen LogP contribution in [0.3, 0.4) is 0 Å². The van der Waals surface area contributed by atoms with Gasteiger partial charge in [-0.2, -0.15) is 0 Å². The minimum absolute atomic E-state index is 0.135. The number of nitro benzene ring substituents is 1. The van der Waals surface area contributed by atoms with Crippen LogP contribution in [0.15, 0.2) is 18.2 Å². The third-order valence-electron chi connectivity index (χ3n) is 2.43. The molecule has 0 unspecified atom stereocenters. The topological polar surface area (TPSA) is 75.5 Å². The number of nitrogens with one attached hydrogen (secondary N) is 1. The molecule has 0 radical (unpaired) electrons. The summed E-state index contributed by atoms with van der Waals surface area (Å²) in [5, 5.41) is 13.9. The number of rotatable bonds is 5. The third kappa shape index (κ3) is 3.71. The van der Waals surface area contributed by atoms with Crippen LogP contribution in [-0.4, -0.2) is 36.4 Å². The zero-order chi connectivity index (χ0) is 14.4. The molecule has 1 rings (SSSR count). The monoisotopic (exact) mass is 261 g/mol. The molecular weight excluding hydrogens is 246 g/mol.